The predicted octanol–water partition coefficient (Wildman–Crippen LogP) is 2.70. The quantitative estimate of drug-likeness (QED) is 0.708. The first kappa shape index (κ1) is 24.2. The molecule has 156 valence electrons. The van der Waals surface area contributed by atoms with Crippen molar-refractivity contribution in [1.82, 2.24) is 15.5 Å². The molecule has 0 radical (unpaired) electrons. The fourth-order valence-corrected chi connectivity index (χ4v) is 4.09. The van der Waals surface area contributed by atoms with Crippen LogP contribution >= 0.6 is 24.8 Å². The average Bonchev–Trinajstić information content (AvgIpc) is 3.28. The van der Waals surface area contributed by atoms with E-state index in [1.54, 1.807) is 7.11 Å². The summed E-state index contributed by atoms with van der Waals surface area (Å²) in [5.41, 5.74) is -0.408. The van der Waals surface area contributed by atoms with Crippen molar-refractivity contribution in [3.8, 4) is 0 Å². The molecule has 2 fully saturated rings. The molecule has 3 heterocycles. The molecule has 1 amide bonds. The standard InChI is InChI=1S/C19H31N3O3.2ClH/c1-15-5-6-17(25-15)16(22-11-3-4-12-22)13-21-18(23)19(14-24-2)7-9-20-10-8-19;;/h5-6,16,20H,3-4,7-14H2,1-2H3,(H,21,23);2*1H. The molecular formula is C19H33Cl2N3O3. The maximum atomic E-state index is 13.0. The van der Waals surface area contributed by atoms with Crippen LogP contribution in [0.15, 0.2) is 16.5 Å². The smallest absolute Gasteiger partial charge is 0.228 e. The van der Waals surface area contributed by atoms with Crippen LogP contribution < -0.4 is 10.6 Å². The Bertz CT molecular complexity index is 565. The molecule has 2 N–H and O–H groups in total. The third-order valence-corrected chi connectivity index (χ3v) is 5.59. The number of hydrogen-bond acceptors (Lipinski definition) is 5. The highest BCUT2D eigenvalue weighted by molar-refractivity contribution is 5.85. The number of carbonyl (C=O) groups is 1. The van der Waals surface area contributed by atoms with Gasteiger partial charge < -0.3 is 19.8 Å². The Morgan fingerprint density at radius 2 is 1.96 bits per heavy atom. The second-order valence-electron chi connectivity index (χ2n) is 7.38. The van der Waals surface area contributed by atoms with Gasteiger partial charge in [0.1, 0.15) is 11.5 Å². The summed E-state index contributed by atoms with van der Waals surface area (Å²) in [6.45, 7) is 6.89. The first-order chi connectivity index (χ1) is 12.1. The van der Waals surface area contributed by atoms with E-state index in [0.29, 0.717) is 13.2 Å². The second kappa shape index (κ2) is 11.3. The highest BCUT2D eigenvalue weighted by Crippen LogP contribution is 2.31. The number of halogens is 2. The lowest BCUT2D eigenvalue weighted by molar-refractivity contribution is -0.136. The highest BCUT2D eigenvalue weighted by Gasteiger charge is 2.40. The van der Waals surface area contributed by atoms with Crippen molar-refractivity contribution in [2.45, 2.75) is 38.6 Å². The number of rotatable bonds is 7. The van der Waals surface area contributed by atoms with E-state index in [4.69, 9.17) is 9.15 Å². The van der Waals surface area contributed by atoms with Crippen LogP contribution in [-0.4, -0.2) is 57.2 Å². The van der Waals surface area contributed by atoms with E-state index in [2.05, 4.69) is 15.5 Å². The number of nitrogens with one attached hydrogen (secondary N) is 2. The normalized spacial score (nSPS) is 20.4. The second-order valence-corrected chi connectivity index (χ2v) is 7.38. The molecule has 0 bridgehead atoms. The minimum atomic E-state index is -0.408. The molecule has 0 aliphatic carbocycles. The first-order valence-electron chi connectivity index (χ1n) is 9.43. The van der Waals surface area contributed by atoms with Crippen LogP contribution in [0.3, 0.4) is 0 Å². The number of amides is 1. The van der Waals surface area contributed by atoms with Gasteiger partial charge in [0.25, 0.3) is 0 Å². The lowest BCUT2D eigenvalue weighted by atomic mass is 9.78. The summed E-state index contributed by atoms with van der Waals surface area (Å²) in [5, 5.41) is 6.55. The lowest BCUT2D eigenvalue weighted by Crippen LogP contribution is -2.51. The molecule has 0 aromatic carbocycles. The molecule has 3 rings (SSSR count). The summed E-state index contributed by atoms with van der Waals surface area (Å²) in [6.07, 6.45) is 4.06. The van der Waals surface area contributed by atoms with Gasteiger partial charge in [0.2, 0.25) is 5.91 Å². The Kier molecular flexibility index (Phi) is 10.1. The topological polar surface area (TPSA) is 66.7 Å². The monoisotopic (exact) mass is 421 g/mol. The van der Waals surface area contributed by atoms with E-state index in [1.807, 2.05) is 19.1 Å². The van der Waals surface area contributed by atoms with Crippen molar-refractivity contribution in [3.63, 3.8) is 0 Å². The molecule has 1 aromatic rings. The third-order valence-electron chi connectivity index (χ3n) is 5.59. The third kappa shape index (κ3) is 5.84. The number of aryl methyl sites for hydroxylation is 1. The molecular weight excluding hydrogens is 389 g/mol. The summed E-state index contributed by atoms with van der Waals surface area (Å²) in [7, 11) is 1.68. The van der Waals surface area contributed by atoms with Crippen LogP contribution in [0, 0.1) is 12.3 Å². The lowest BCUT2D eigenvalue weighted by Gasteiger charge is -2.36. The number of ether oxygens (including phenoxy) is 1. The van der Waals surface area contributed by atoms with Crippen molar-refractivity contribution in [1.29, 1.82) is 0 Å². The number of nitrogens with zero attached hydrogens (tertiary/aromatic N) is 1. The number of piperidine rings is 1. The van der Waals surface area contributed by atoms with Crippen LogP contribution in [0.1, 0.15) is 43.2 Å². The molecule has 1 atom stereocenters. The van der Waals surface area contributed by atoms with E-state index < -0.39 is 5.41 Å². The van der Waals surface area contributed by atoms with Crippen molar-refractivity contribution < 1.29 is 13.9 Å². The van der Waals surface area contributed by atoms with Crippen molar-refractivity contribution >= 4 is 30.7 Å². The van der Waals surface area contributed by atoms with Crippen LogP contribution in [-0.2, 0) is 9.53 Å². The van der Waals surface area contributed by atoms with Gasteiger partial charge in [0.05, 0.1) is 18.1 Å². The fraction of sp³-hybridized carbons (Fsp3) is 0.737. The molecule has 1 unspecified atom stereocenters. The summed E-state index contributed by atoms with van der Waals surface area (Å²) in [6, 6.07) is 4.15. The Hall–Kier alpha value is -0.790. The van der Waals surface area contributed by atoms with E-state index in [0.717, 1.165) is 50.5 Å². The average molecular weight is 422 g/mol. The van der Waals surface area contributed by atoms with Gasteiger partial charge in [-0.05, 0) is 70.9 Å². The SMILES string of the molecule is COCC1(C(=O)NCC(c2ccc(C)o2)N2CCCC2)CCNCC1.Cl.Cl. The van der Waals surface area contributed by atoms with Crippen LogP contribution in [0.25, 0.3) is 0 Å². The number of likely N-dealkylation sites (tertiary alicyclic amines) is 1. The van der Waals surface area contributed by atoms with Gasteiger partial charge in [-0.2, -0.15) is 0 Å². The van der Waals surface area contributed by atoms with Gasteiger partial charge in [-0.25, -0.2) is 0 Å². The van der Waals surface area contributed by atoms with Gasteiger partial charge in [0.15, 0.2) is 0 Å². The van der Waals surface area contributed by atoms with E-state index >= 15 is 0 Å². The Morgan fingerprint density at radius 1 is 1.30 bits per heavy atom. The number of furan rings is 1. The molecule has 27 heavy (non-hydrogen) atoms. The van der Waals surface area contributed by atoms with Gasteiger partial charge in [-0.15, -0.1) is 24.8 Å². The van der Waals surface area contributed by atoms with E-state index in [-0.39, 0.29) is 36.8 Å². The van der Waals surface area contributed by atoms with Crippen LogP contribution in [0.2, 0.25) is 0 Å². The summed E-state index contributed by atoms with van der Waals surface area (Å²) >= 11 is 0. The minimum Gasteiger partial charge on any atom is -0.465 e. The van der Waals surface area contributed by atoms with E-state index in [1.165, 1.54) is 12.8 Å². The van der Waals surface area contributed by atoms with Crippen molar-refractivity contribution in [2.24, 2.45) is 5.41 Å². The molecule has 6 nitrogen and oxygen atoms in total. The van der Waals surface area contributed by atoms with Crippen LogP contribution in [0.5, 0.6) is 0 Å². The molecule has 2 aliphatic rings. The van der Waals surface area contributed by atoms with Gasteiger partial charge in [-0.1, -0.05) is 0 Å². The molecule has 8 heteroatoms. The molecule has 0 saturated carbocycles. The van der Waals surface area contributed by atoms with Gasteiger partial charge >= 0.3 is 0 Å². The van der Waals surface area contributed by atoms with E-state index in [9.17, 15) is 4.79 Å². The molecule has 2 aliphatic heterocycles. The fourth-order valence-electron chi connectivity index (χ4n) is 4.09. The first-order valence-corrected chi connectivity index (χ1v) is 9.43. The zero-order valence-corrected chi connectivity index (χ0v) is 17.9. The molecule has 1 aromatic heterocycles. The Balaban J connectivity index is 0.00000182. The molecule has 2 saturated heterocycles. The van der Waals surface area contributed by atoms with Gasteiger partial charge in [0, 0.05) is 13.7 Å². The largest absolute Gasteiger partial charge is 0.465 e. The minimum absolute atomic E-state index is 0. The van der Waals surface area contributed by atoms with Crippen molar-refractivity contribution in [2.75, 3.05) is 46.4 Å². The number of carbonyl (C=O) groups excluding carboxylic acids is 1. The Labute approximate surface area is 174 Å². The zero-order chi connectivity index (χ0) is 17.7. The van der Waals surface area contributed by atoms with Crippen molar-refractivity contribution in [3.05, 3.63) is 23.7 Å². The maximum Gasteiger partial charge on any atom is 0.228 e. The maximum absolute atomic E-state index is 13.0. The van der Waals surface area contributed by atoms with Gasteiger partial charge in [-0.3, -0.25) is 9.69 Å². The Morgan fingerprint density at radius 3 is 2.52 bits per heavy atom. The predicted molar refractivity (Wildman–Crippen MR) is 111 cm³/mol. The summed E-state index contributed by atoms with van der Waals surface area (Å²) < 4.78 is 11.3. The summed E-state index contributed by atoms with van der Waals surface area (Å²) in [5.74, 6) is 1.98. The summed E-state index contributed by atoms with van der Waals surface area (Å²) in [4.78, 5) is 15.4. The number of hydrogen-bond donors (Lipinski definition) is 2. The number of methoxy groups -OCH3 is 1. The van der Waals surface area contributed by atoms with Crippen LogP contribution in [0.4, 0.5) is 0 Å². The highest BCUT2D eigenvalue weighted by atomic mass is 35.5. The molecule has 0 spiro atoms. The zero-order valence-electron chi connectivity index (χ0n) is 16.3.